The van der Waals surface area contributed by atoms with Gasteiger partial charge >= 0.3 is 23.9 Å². The zero-order valence-corrected chi connectivity index (χ0v) is 42.6. The Hall–Kier alpha value is -4.74. The average molecular weight is 963 g/mol. The second-order valence-corrected chi connectivity index (χ2v) is 21.7. The molecule has 2 saturated heterocycles. The summed E-state index contributed by atoms with van der Waals surface area (Å²) in [5.74, 6) is -2.68. The molecule has 0 saturated carbocycles. The van der Waals surface area contributed by atoms with E-state index in [1.165, 1.54) is 7.11 Å². The van der Waals surface area contributed by atoms with Gasteiger partial charge in [0.15, 0.2) is 30.9 Å². The number of benzene rings is 3. The Morgan fingerprint density at radius 3 is 1.28 bits per heavy atom. The van der Waals surface area contributed by atoms with Gasteiger partial charge in [0.25, 0.3) is 0 Å². The van der Waals surface area contributed by atoms with E-state index >= 15 is 0 Å². The minimum atomic E-state index is -1.63. The molecule has 2 fully saturated rings. The molecule has 0 spiro atoms. The van der Waals surface area contributed by atoms with Gasteiger partial charge in [-0.05, 0) is 99.8 Å². The molecule has 2 aliphatic rings. The molecule has 3 aromatic rings. The van der Waals surface area contributed by atoms with E-state index in [0.717, 1.165) is 16.7 Å². The van der Waals surface area contributed by atoms with Crippen molar-refractivity contribution in [3.8, 4) is 0 Å². The summed E-state index contributed by atoms with van der Waals surface area (Å²) in [4.78, 5) is 55.6. The first-order valence-corrected chi connectivity index (χ1v) is 23.6. The third-order valence-electron chi connectivity index (χ3n) is 11.2. The van der Waals surface area contributed by atoms with E-state index in [-0.39, 0.29) is 26.4 Å². The smallest absolute Gasteiger partial charge is 0.311 e. The first kappa shape index (κ1) is 55.2. The molecule has 2 aliphatic heterocycles. The van der Waals surface area contributed by atoms with Crippen molar-refractivity contribution in [1.29, 1.82) is 0 Å². The van der Waals surface area contributed by atoms with Crippen LogP contribution in [0.3, 0.4) is 0 Å². The second kappa shape index (κ2) is 23.9. The molecule has 0 bridgehead atoms. The van der Waals surface area contributed by atoms with Crippen LogP contribution in [0.25, 0.3) is 0 Å². The first-order chi connectivity index (χ1) is 32.4. The topological polar surface area (TPSA) is 170 Å². The maximum atomic E-state index is 14.2. The summed E-state index contributed by atoms with van der Waals surface area (Å²) >= 11 is 0. The highest BCUT2D eigenvalue weighted by molar-refractivity contribution is 5.78. The summed E-state index contributed by atoms with van der Waals surface area (Å²) in [6.07, 6.45) is -12.8. The molecule has 0 N–H and O–H groups in total. The number of carbonyl (C=O) groups is 4. The predicted octanol–water partition coefficient (Wildman–Crippen LogP) is 8.32. The Kier molecular flexibility index (Phi) is 19.1. The molecule has 0 unspecified atom stereocenters. The van der Waals surface area contributed by atoms with E-state index in [1.807, 2.05) is 91.0 Å². The van der Waals surface area contributed by atoms with Crippen LogP contribution in [0.4, 0.5) is 0 Å². The SMILES string of the molecule is CO[C@H]1O[C@H](COCc2ccccc2)[C@@H](OCc2ccccc2)[C@H](O[C@@H]2O[C@H](COC(=O)C(C)(C)C)[C@@H](OC(=O)C(C)(C)C)[C@H](OC(=O)C(C)(C)C)[C@H]2OC(=O)C(C)(C)C)[C@H]1OCc1ccccc1. The van der Waals surface area contributed by atoms with Gasteiger partial charge < -0.3 is 52.1 Å². The van der Waals surface area contributed by atoms with Gasteiger partial charge in [0.05, 0.1) is 48.1 Å². The molecule has 15 nitrogen and oxygen atoms in total. The highest BCUT2D eigenvalue weighted by Crippen LogP contribution is 2.38. The van der Waals surface area contributed by atoms with Crippen molar-refractivity contribution in [2.75, 3.05) is 20.3 Å². The second-order valence-electron chi connectivity index (χ2n) is 21.7. The van der Waals surface area contributed by atoms with Crippen molar-refractivity contribution in [2.24, 2.45) is 21.7 Å². The molecule has 3 aromatic carbocycles. The van der Waals surface area contributed by atoms with E-state index in [1.54, 1.807) is 83.1 Å². The normalized spacial score (nSPS) is 25.6. The quantitative estimate of drug-likeness (QED) is 0.0880. The van der Waals surface area contributed by atoms with Crippen molar-refractivity contribution in [3.63, 3.8) is 0 Å². The van der Waals surface area contributed by atoms with E-state index in [4.69, 9.17) is 52.1 Å². The van der Waals surface area contributed by atoms with Crippen LogP contribution in [0.15, 0.2) is 91.0 Å². The Balaban J connectivity index is 1.69. The van der Waals surface area contributed by atoms with Crippen molar-refractivity contribution < 1.29 is 71.3 Å². The molecule has 15 heteroatoms. The summed E-state index contributed by atoms with van der Waals surface area (Å²) in [6.45, 7) is 20.0. The van der Waals surface area contributed by atoms with Crippen LogP contribution >= 0.6 is 0 Å². The third kappa shape index (κ3) is 15.9. The van der Waals surface area contributed by atoms with Crippen LogP contribution in [0, 0.1) is 21.7 Å². The molecule has 10 atom stereocenters. The van der Waals surface area contributed by atoms with Crippen molar-refractivity contribution >= 4 is 23.9 Å². The average Bonchev–Trinajstić information content (AvgIpc) is 3.28. The van der Waals surface area contributed by atoms with Crippen LogP contribution < -0.4 is 0 Å². The molecule has 69 heavy (non-hydrogen) atoms. The van der Waals surface area contributed by atoms with Gasteiger partial charge in [-0.1, -0.05) is 91.0 Å². The number of methoxy groups -OCH3 is 1. The van der Waals surface area contributed by atoms with Gasteiger partial charge in [0, 0.05) is 7.11 Å². The van der Waals surface area contributed by atoms with Crippen LogP contribution in [0.1, 0.15) is 99.8 Å². The summed E-state index contributed by atoms with van der Waals surface area (Å²) in [7, 11) is 1.48. The number of carbonyl (C=O) groups excluding carboxylic acids is 4. The summed E-state index contributed by atoms with van der Waals surface area (Å²) in [5.41, 5.74) is -1.56. The van der Waals surface area contributed by atoms with Gasteiger partial charge in [-0.25, -0.2) is 0 Å². The fraction of sp³-hybridized carbons (Fsp3) is 0.593. The lowest BCUT2D eigenvalue weighted by molar-refractivity contribution is -0.369. The molecule has 380 valence electrons. The van der Waals surface area contributed by atoms with Crippen LogP contribution in [-0.2, 0) is 91.1 Å². The number of hydrogen-bond acceptors (Lipinski definition) is 15. The van der Waals surface area contributed by atoms with Crippen LogP contribution in [-0.4, -0.2) is 106 Å². The van der Waals surface area contributed by atoms with Gasteiger partial charge in [0.1, 0.15) is 37.1 Å². The maximum Gasteiger partial charge on any atom is 0.311 e. The van der Waals surface area contributed by atoms with Gasteiger partial charge in [-0.15, -0.1) is 0 Å². The van der Waals surface area contributed by atoms with E-state index in [2.05, 4.69) is 0 Å². The minimum absolute atomic E-state index is 0.00939. The molecule has 0 radical (unpaired) electrons. The van der Waals surface area contributed by atoms with E-state index in [0.29, 0.717) is 0 Å². The zero-order chi connectivity index (χ0) is 50.7. The first-order valence-electron chi connectivity index (χ1n) is 23.6. The lowest BCUT2D eigenvalue weighted by atomic mass is 9.92. The number of esters is 4. The molecule has 0 aliphatic carbocycles. The summed E-state index contributed by atoms with van der Waals surface area (Å²) in [6, 6.07) is 28.7. The summed E-state index contributed by atoms with van der Waals surface area (Å²) < 4.78 is 71.2. The number of ether oxygens (including phenoxy) is 11. The van der Waals surface area contributed by atoms with Crippen molar-refractivity contribution in [3.05, 3.63) is 108 Å². The molecule has 0 amide bonds. The Morgan fingerprint density at radius 1 is 0.435 bits per heavy atom. The van der Waals surface area contributed by atoms with Gasteiger partial charge in [0.2, 0.25) is 0 Å². The number of rotatable bonds is 18. The highest BCUT2D eigenvalue weighted by Gasteiger charge is 2.58. The van der Waals surface area contributed by atoms with Gasteiger partial charge in [-0.2, -0.15) is 0 Å². The molecular weight excluding hydrogens is 889 g/mol. The standard InChI is InChI=1S/C54H74O15/c1-51(2,3)47(55)63-33-38-40(67-48(56)52(4,5)6)42(68-49(57)53(7,8)9)44(69-50(58)54(10,11)12)46(65-38)66-41-39(61-30-35-25-19-15-20-26-35)37(32-60-29-34-23-17-14-18-24-34)64-45(59-13)43(41)62-31-36-27-21-16-22-28-36/h14-28,37-46H,29-33H2,1-13H3/t37-,38-,39-,40-,41+,42+,43-,44-,45+,46+/m1/s1. The van der Waals surface area contributed by atoms with E-state index in [9.17, 15) is 19.2 Å². The largest absolute Gasteiger partial charge is 0.462 e. The third-order valence-corrected chi connectivity index (χ3v) is 11.2. The zero-order valence-electron chi connectivity index (χ0n) is 42.6. The lowest BCUT2D eigenvalue weighted by Gasteiger charge is -2.50. The van der Waals surface area contributed by atoms with Gasteiger partial charge in [-0.3, -0.25) is 19.2 Å². The maximum absolute atomic E-state index is 14.2. The highest BCUT2D eigenvalue weighted by atomic mass is 16.8. The molecule has 5 rings (SSSR count). The monoisotopic (exact) mass is 963 g/mol. The lowest BCUT2D eigenvalue weighted by Crippen LogP contribution is -2.67. The predicted molar refractivity (Wildman–Crippen MR) is 254 cm³/mol. The Morgan fingerprint density at radius 2 is 0.826 bits per heavy atom. The fourth-order valence-electron chi connectivity index (χ4n) is 7.09. The number of hydrogen-bond donors (Lipinski definition) is 0. The van der Waals surface area contributed by atoms with E-state index < -0.39 is 114 Å². The fourth-order valence-corrected chi connectivity index (χ4v) is 7.09. The molecule has 2 heterocycles. The Labute approximate surface area is 408 Å². The Bertz CT molecular complexity index is 2090. The summed E-state index contributed by atoms with van der Waals surface area (Å²) in [5, 5.41) is 0. The molecule has 0 aromatic heterocycles. The van der Waals surface area contributed by atoms with Crippen molar-refractivity contribution in [1.82, 2.24) is 0 Å². The molecular formula is C54H74O15. The van der Waals surface area contributed by atoms with Crippen molar-refractivity contribution in [2.45, 2.75) is 164 Å². The minimum Gasteiger partial charge on any atom is -0.462 e. The van der Waals surface area contributed by atoms with Crippen LogP contribution in [0.5, 0.6) is 0 Å². The van der Waals surface area contributed by atoms with Crippen LogP contribution in [0.2, 0.25) is 0 Å².